The number of likely N-dealkylation sites (tertiary alicyclic amines) is 1. The van der Waals surface area contributed by atoms with E-state index in [0.29, 0.717) is 32.5 Å². The summed E-state index contributed by atoms with van der Waals surface area (Å²) in [5.41, 5.74) is 0. The smallest absolute Gasteiger partial charge is 0.334 e. The molecule has 0 radical (unpaired) electrons. The molecule has 0 bridgehead atoms. The summed E-state index contributed by atoms with van der Waals surface area (Å²) in [5.74, 6) is -1.04. The number of rotatable bonds is 1. The van der Waals surface area contributed by atoms with Crippen LogP contribution in [-0.2, 0) is 9.53 Å². The summed E-state index contributed by atoms with van der Waals surface area (Å²) in [5, 5.41) is 18.3. The third kappa shape index (κ3) is 2.91. The zero-order valence-electron chi connectivity index (χ0n) is 10.1. The molecular formula is C11H18N2O5. The van der Waals surface area contributed by atoms with Gasteiger partial charge in [0, 0.05) is 19.6 Å². The maximum absolute atomic E-state index is 12.1. The molecule has 2 heterocycles. The number of piperidine rings is 1. The zero-order valence-corrected chi connectivity index (χ0v) is 10.1. The minimum atomic E-state index is -1.04. The van der Waals surface area contributed by atoms with Crippen molar-refractivity contribution in [2.24, 2.45) is 0 Å². The van der Waals surface area contributed by atoms with Crippen molar-refractivity contribution in [1.29, 1.82) is 0 Å². The van der Waals surface area contributed by atoms with Gasteiger partial charge in [0.05, 0.1) is 19.3 Å². The van der Waals surface area contributed by atoms with Gasteiger partial charge in [-0.15, -0.1) is 0 Å². The number of urea groups is 1. The van der Waals surface area contributed by atoms with E-state index in [1.807, 2.05) is 0 Å². The lowest BCUT2D eigenvalue weighted by atomic mass is 10.1. The quantitative estimate of drug-likeness (QED) is 0.652. The van der Waals surface area contributed by atoms with Gasteiger partial charge in [0.25, 0.3) is 0 Å². The molecular weight excluding hydrogens is 240 g/mol. The van der Waals surface area contributed by atoms with Crippen LogP contribution in [-0.4, -0.2) is 77.0 Å². The van der Waals surface area contributed by atoms with Gasteiger partial charge in [-0.2, -0.15) is 0 Å². The Balaban J connectivity index is 1.90. The van der Waals surface area contributed by atoms with E-state index < -0.39 is 12.1 Å². The average Bonchev–Trinajstić information content (AvgIpc) is 2.39. The number of hydrogen-bond acceptors (Lipinski definition) is 4. The van der Waals surface area contributed by atoms with E-state index in [4.69, 9.17) is 9.84 Å². The molecule has 2 aliphatic heterocycles. The molecule has 2 N–H and O–H groups in total. The topological polar surface area (TPSA) is 90.3 Å². The first-order valence-electron chi connectivity index (χ1n) is 6.14. The first-order valence-corrected chi connectivity index (χ1v) is 6.14. The van der Waals surface area contributed by atoms with Crippen molar-refractivity contribution in [2.75, 3.05) is 32.8 Å². The highest BCUT2D eigenvalue weighted by Gasteiger charge is 2.32. The van der Waals surface area contributed by atoms with Gasteiger partial charge in [-0.05, 0) is 12.8 Å². The molecule has 2 rings (SSSR count). The van der Waals surface area contributed by atoms with Gasteiger partial charge in [0.2, 0.25) is 0 Å². The molecule has 0 aromatic rings. The van der Waals surface area contributed by atoms with Crippen LogP contribution in [0, 0.1) is 0 Å². The highest BCUT2D eigenvalue weighted by atomic mass is 16.5. The molecule has 1 atom stereocenters. The van der Waals surface area contributed by atoms with Crippen LogP contribution < -0.4 is 0 Å². The zero-order chi connectivity index (χ0) is 13.1. The summed E-state index contributed by atoms with van der Waals surface area (Å²) in [6.45, 7) is 1.80. The normalized spacial score (nSPS) is 26.2. The van der Waals surface area contributed by atoms with Gasteiger partial charge < -0.3 is 24.7 Å². The van der Waals surface area contributed by atoms with Crippen molar-refractivity contribution in [3.05, 3.63) is 0 Å². The molecule has 7 heteroatoms. The summed E-state index contributed by atoms with van der Waals surface area (Å²) in [4.78, 5) is 26.2. The molecule has 0 spiro atoms. The number of ether oxygens (including phenoxy) is 1. The van der Waals surface area contributed by atoms with Gasteiger partial charge in [0.15, 0.2) is 6.10 Å². The number of carboxylic acids is 1. The van der Waals surface area contributed by atoms with Crippen LogP contribution in [0.2, 0.25) is 0 Å². The van der Waals surface area contributed by atoms with Crippen molar-refractivity contribution in [3.63, 3.8) is 0 Å². The second-order valence-corrected chi connectivity index (χ2v) is 4.64. The predicted molar refractivity (Wildman–Crippen MR) is 61.2 cm³/mol. The van der Waals surface area contributed by atoms with Gasteiger partial charge in [-0.1, -0.05) is 0 Å². The Morgan fingerprint density at radius 1 is 1.11 bits per heavy atom. The number of aliphatic carboxylic acids is 1. The fraction of sp³-hybridized carbons (Fsp3) is 0.818. The Morgan fingerprint density at radius 2 is 1.78 bits per heavy atom. The van der Waals surface area contributed by atoms with Crippen LogP contribution in [0.25, 0.3) is 0 Å². The van der Waals surface area contributed by atoms with Crippen molar-refractivity contribution in [1.82, 2.24) is 9.80 Å². The number of carbonyl (C=O) groups is 2. The number of aliphatic hydroxyl groups is 1. The summed E-state index contributed by atoms with van der Waals surface area (Å²) in [7, 11) is 0. The first kappa shape index (κ1) is 13.1. The average molecular weight is 258 g/mol. The van der Waals surface area contributed by atoms with Crippen molar-refractivity contribution in [2.45, 2.75) is 25.0 Å². The third-order valence-corrected chi connectivity index (χ3v) is 3.35. The second-order valence-electron chi connectivity index (χ2n) is 4.64. The lowest BCUT2D eigenvalue weighted by Crippen LogP contribution is -2.54. The van der Waals surface area contributed by atoms with Crippen molar-refractivity contribution < 1.29 is 24.5 Å². The van der Waals surface area contributed by atoms with Crippen LogP contribution in [0.15, 0.2) is 0 Å². The number of amides is 2. The number of aliphatic hydroxyl groups excluding tert-OH is 1. The maximum Gasteiger partial charge on any atom is 0.334 e. The molecule has 0 aliphatic carbocycles. The monoisotopic (exact) mass is 258 g/mol. The van der Waals surface area contributed by atoms with Crippen LogP contribution in [0.5, 0.6) is 0 Å². The summed E-state index contributed by atoms with van der Waals surface area (Å²) >= 11 is 0. The lowest BCUT2D eigenvalue weighted by molar-refractivity contribution is -0.154. The molecule has 2 saturated heterocycles. The molecule has 7 nitrogen and oxygen atoms in total. The summed E-state index contributed by atoms with van der Waals surface area (Å²) in [6.07, 6.45) is -0.0970. The molecule has 0 aromatic heterocycles. The van der Waals surface area contributed by atoms with Crippen LogP contribution in [0.1, 0.15) is 12.8 Å². The fourth-order valence-electron chi connectivity index (χ4n) is 2.23. The summed E-state index contributed by atoms with van der Waals surface area (Å²) in [6, 6.07) is -0.156. The van der Waals surface area contributed by atoms with Crippen molar-refractivity contribution >= 4 is 12.0 Å². The van der Waals surface area contributed by atoms with Gasteiger partial charge in [0.1, 0.15) is 0 Å². The van der Waals surface area contributed by atoms with E-state index >= 15 is 0 Å². The number of hydrogen-bond donors (Lipinski definition) is 2. The molecule has 1 unspecified atom stereocenters. The van der Waals surface area contributed by atoms with Gasteiger partial charge >= 0.3 is 12.0 Å². The van der Waals surface area contributed by atoms with E-state index in [1.54, 1.807) is 4.90 Å². The lowest BCUT2D eigenvalue weighted by Gasteiger charge is -2.37. The van der Waals surface area contributed by atoms with E-state index in [-0.39, 0.29) is 25.3 Å². The minimum Gasteiger partial charge on any atom is -0.479 e. The SMILES string of the molecule is O=C(O)C1CN(C(=O)N2CCC(O)CC2)CCO1. The largest absolute Gasteiger partial charge is 0.479 e. The predicted octanol–water partition coefficient (Wildman–Crippen LogP) is -0.652. The molecule has 2 aliphatic rings. The Morgan fingerprint density at radius 3 is 2.39 bits per heavy atom. The second kappa shape index (κ2) is 5.53. The van der Waals surface area contributed by atoms with E-state index in [0.717, 1.165) is 0 Å². The van der Waals surface area contributed by atoms with Crippen LogP contribution in [0.4, 0.5) is 4.79 Å². The van der Waals surface area contributed by atoms with E-state index in [9.17, 15) is 14.7 Å². The molecule has 2 fully saturated rings. The number of morpholine rings is 1. The minimum absolute atomic E-state index is 0.0905. The molecule has 102 valence electrons. The Kier molecular flexibility index (Phi) is 4.03. The number of carboxylic acid groups (broad SMARTS) is 1. The number of carbonyl (C=O) groups excluding carboxylic acids is 1. The van der Waals surface area contributed by atoms with E-state index in [2.05, 4.69) is 0 Å². The van der Waals surface area contributed by atoms with Crippen LogP contribution >= 0.6 is 0 Å². The molecule has 0 aromatic carbocycles. The Labute approximate surface area is 105 Å². The fourth-order valence-corrected chi connectivity index (χ4v) is 2.23. The maximum atomic E-state index is 12.1. The summed E-state index contributed by atoms with van der Waals surface area (Å²) < 4.78 is 5.07. The number of nitrogens with zero attached hydrogens (tertiary/aromatic N) is 2. The van der Waals surface area contributed by atoms with E-state index in [1.165, 1.54) is 4.90 Å². The van der Waals surface area contributed by atoms with Crippen LogP contribution in [0.3, 0.4) is 0 Å². The molecule has 18 heavy (non-hydrogen) atoms. The van der Waals surface area contributed by atoms with Crippen molar-refractivity contribution in [3.8, 4) is 0 Å². The highest BCUT2D eigenvalue weighted by Crippen LogP contribution is 2.14. The van der Waals surface area contributed by atoms with Gasteiger partial charge in [-0.3, -0.25) is 0 Å². The third-order valence-electron chi connectivity index (χ3n) is 3.35. The Hall–Kier alpha value is -1.34. The molecule has 0 saturated carbocycles. The highest BCUT2D eigenvalue weighted by molar-refractivity contribution is 5.77. The van der Waals surface area contributed by atoms with Gasteiger partial charge in [-0.25, -0.2) is 9.59 Å². The first-order chi connectivity index (χ1) is 8.58. The Bertz CT molecular complexity index is 327. The molecule has 2 amide bonds. The standard InChI is InChI=1S/C11H18N2O5/c14-8-1-3-12(4-2-8)11(17)13-5-6-18-9(7-13)10(15)16/h8-9,14H,1-7H2,(H,15,16).